The maximum atomic E-state index is 11.6. The molecule has 6 nitrogen and oxygen atoms in total. The first-order chi connectivity index (χ1) is 7.79. The van der Waals surface area contributed by atoms with Gasteiger partial charge in [0.2, 0.25) is 10.0 Å². The minimum Gasteiger partial charge on any atom is -0.266 e. The molecule has 0 saturated carbocycles. The van der Waals surface area contributed by atoms with E-state index in [2.05, 4.69) is 0 Å². The van der Waals surface area contributed by atoms with E-state index in [9.17, 15) is 18.5 Å². The number of nitro groups is 1. The molecule has 1 aromatic rings. The van der Waals surface area contributed by atoms with E-state index in [1.54, 1.807) is 0 Å². The number of rotatable bonds is 4. The monoisotopic (exact) mass is 278 g/mol. The van der Waals surface area contributed by atoms with Gasteiger partial charge in [-0.1, -0.05) is 11.6 Å². The van der Waals surface area contributed by atoms with Crippen molar-refractivity contribution >= 4 is 33.0 Å². The predicted octanol–water partition coefficient (Wildman–Crippen LogP) is 2.03. The van der Waals surface area contributed by atoms with E-state index in [-0.39, 0.29) is 22.2 Å². The summed E-state index contributed by atoms with van der Waals surface area (Å²) in [5.74, 6) is -0.146. The quantitative estimate of drug-likeness (QED) is 0.623. The number of hydrogen-bond donors (Lipinski definition) is 0. The van der Waals surface area contributed by atoms with Gasteiger partial charge in [0.15, 0.2) is 0 Å². The van der Waals surface area contributed by atoms with Crippen LogP contribution in [0.4, 0.5) is 11.4 Å². The van der Waals surface area contributed by atoms with Crippen molar-refractivity contribution in [2.24, 2.45) is 0 Å². The minimum atomic E-state index is -3.55. The third-order valence-electron chi connectivity index (χ3n) is 2.26. The van der Waals surface area contributed by atoms with Gasteiger partial charge in [-0.15, -0.1) is 0 Å². The Kier molecular flexibility index (Phi) is 3.94. The van der Waals surface area contributed by atoms with Gasteiger partial charge < -0.3 is 0 Å². The van der Waals surface area contributed by atoms with Crippen LogP contribution < -0.4 is 4.31 Å². The Labute approximate surface area is 104 Å². The molecule has 0 aliphatic rings. The number of halogens is 1. The molecule has 1 rings (SSSR count). The molecule has 0 spiro atoms. The van der Waals surface area contributed by atoms with E-state index in [1.807, 2.05) is 0 Å². The molecule has 0 N–H and O–H groups in total. The lowest BCUT2D eigenvalue weighted by atomic mass is 10.3. The van der Waals surface area contributed by atoms with E-state index in [4.69, 9.17) is 11.6 Å². The van der Waals surface area contributed by atoms with Gasteiger partial charge in [-0.3, -0.25) is 14.4 Å². The highest BCUT2D eigenvalue weighted by Gasteiger charge is 2.24. The first kappa shape index (κ1) is 13.7. The van der Waals surface area contributed by atoms with Crippen LogP contribution in [0.1, 0.15) is 6.92 Å². The molecule has 0 saturated heterocycles. The van der Waals surface area contributed by atoms with E-state index >= 15 is 0 Å². The van der Waals surface area contributed by atoms with Gasteiger partial charge in [0.05, 0.1) is 10.7 Å². The van der Waals surface area contributed by atoms with Crippen LogP contribution in [0.5, 0.6) is 0 Å². The van der Waals surface area contributed by atoms with Crippen LogP contribution >= 0.6 is 11.6 Å². The van der Waals surface area contributed by atoms with E-state index in [1.165, 1.54) is 32.2 Å². The lowest BCUT2D eigenvalue weighted by Crippen LogP contribution is -2.28. The van der Waals surface area contributed by atoms with Crippen molar-refractivity contribution in [3.63, 3.8) is 0 Å². The Morgan fingerprint density at radius 2 is 2.06 bits per heavy atom. The van der Waals surface area contributed by atoms with Gasteiger partial charge in [-0.25, -0.2) is 8.42 Å². The molecule has 0 atom stereocenters. The van der Waals surface area contributed by atoms with Crippen molar-refractivity contribution in [1.29, 1.82) is 0 Å². The lowest BCUT2D eigenvalue weighted by molar-refractivity contribution is -0.384. The predicted molar refractivity (Wildman–Crippen MR) is 66.0 cm³/mol. The summed E-state index contributed by atoms with van der Waals surface area (Å²) in [5.41, 5.74) is -0.335. The Balaban J connectivity index is 3.39. The Bertz CT molecular complexity index is 544. The number of nitro benzene ring substituents is 1. The zero-order chi connectivity index (χ0) is 13.2. The number of sulfonamides is 1. The summed E-state index contributed by atoms with van der Waals surface area (Å²) in [6.45, 7) is 1.46. The van der Waals surface area contributed by atoms with Crippen LogP contribution in [-0.2, 0) is 10.0 Å². The van der Waals surface area contributed by atoms with Crippen molar-refractivity contribution in [2.45, 2.75) is 6.92 Å². The fourth-order valence-corrected chi connectivity index (χ4v) is 2.25. The summed E-state index contributed by atoms with van der Waals surface area (Å²) < 4.78 is 24.2. The molecule has 0 aliphatic heterocycles. The molecular weight excluding hydrogens is 268 g/mol. The average molecular weight is 279 g/mol. The molecule has 0 amide bonds. The Hall–Kier alpha value is -1.34. The zero-order valence-corrected chi connectivity index (χ0v) is 10.8. The molecular formula is C9H11ClN2O4S. The zero-order valence-electron chi connectivity index (χ0n) is 9.25. The van der Waals surface area contributed by atoms with Gasteiger partial charge in [-0.05, 0) is 19.1 Å². The Morgan fingerprint density at radius 1 is 1.47 bits per heavy atom. The third kappa shape index (κ3) is 2.86. The summed E-state index contributed by atoms with van der Waals surface area (Å²) in [6, 6.07) is 3.78. The van der Waals surface area contributed by atoms with Crippen LogP contribution in [0.15, 0.2) is 18.2 Å². The van der Waals surface area contributed by atoms with E-state index in [0.717, 1.165) is 4.31 Å². The average Bonchev–Trinajstić information content (AvgIpc) is 2.27. The largest absolute Gasteiger partial charge is 0.293 e. The lowest BCUT2D eigenvalue weighted by Gasteiger charge is -2.18. The number of benzene rings is 1. The van der Waals surface area contributed by atoms with Crippen LogP contribution in [-0.4, -0.2) is 26.1 Å². The minimum absolute atomic E-state index is 0.0376. The first-order valence-corrected chi connectivity index (χ1v) is 6.69. The summed E-state index contributed by atoms with van der Waals surface area (Å²) in [7, 11) is -2.29. The normalized spacial score (nSPS) is 11.2. The molecule has 0 aromatic heterocycles. The van der Waals surface area contributed by atoms with Crippen LogP contribution in [0.25, 0.3) is 0 Å². The molecule has 17 heavy (non-hydrogen) atoms. The van der Waals surface area contributed by atoms with Crippen LogP contribution in [0, 0.1) is 10.1 Å². The topological polar surface area (TPSA) is 80.5 Å². The second-order valence-corrected chi connectivity index (χ2v) is 5.98. The summed E-state index contributed by atoms with van der Waals surface area (Å²) in [6.07, 6.45) is 0. The number of anilines is 1. The standard InChI is InChI=1S/C9H11ClN2O4S/c1-3-17(15,16)11(2)9-6-7(10)4-5-8(9)12(13)14/h4-6H,3H2,1-2H3. The maximum Gasteiger partial charge on any atom is 0.293 e. The number of nitrogens with zero attached hydrogens (tertiary/aromatic N) is 2. The van der Waals surface area contributed by atoms with Crippen molar-refractivity contribution in [1.82, 2.24) is 0 Å². The third-order valence-corrected chi connectivity index (χ3v) is 4.25. The smallest absolute Gasteiger partial charge is 0.266 e. The molecule has 1 aromatic carbocycles. The molecule has 0 radical (unpaired) electrons. The van der Waals surface area contributed by atoms with Crippen molar-refractivity contribution in [2.75, 3.05) is 17.1 Å². The van der Waals surface area contributed by atoms with Gasteiger partial charge in [-0.2, -0.15) is 0 Å². The van der Waals surface area contributed by atoms with E-state index < -0.39 is 14.9 Å². The molecule has 0 fully saturated rings. The maximum absolute atomic E-state index is 11.6. The van der Waals surface area contributed by atoms with E-state index in [0.29, 0.717) is 0 Å². The number of hydrogen-bond acceptors (Lipinski definition) is 4. The highest BCUT2D eigenvalue weighted by molar-refractivity contribution is 7.92. The molecule has 8 heteroatoms. The molecule has 0 aliphatic carbocycles. The second kappa shape index (κ2) is 4.89. The second-order valence-electron chi connectivity index (χ2n) is 3.26. The van der Waals surface area contributed by atoms with Gasteiger partial charge >= 0.3 is 0 Å². The first-order valence-electron chi connectivity index (χ1n) is 4.70. The van der Waals surface area contributed by atoms with Gasteiger partial charge in [0, 0.05) is 18.1 Å². The Morgan fingerprint density at radius 3 is 2.53 bits per heavy atom. The van der Waals surface area contributed by atoms with Crippen molar-refractivity contribution in [3.05, 3.63) is 33.3 Å². The van der Waals surface area contributed by atoms with Crippen molar-refractivity contribution in [3.8, 4) is 0 Å². The highest BCUT2D eigenvalue weighted by atomic mass is 35.5. The highest BCUT2D eigenvalue weighted by Crippen LogP contribution is 2.31. The van der Waals surface area contributed by atoms with Gasteiger partial charge in [0.25, 0.3) is 5.69 Å². The molecule has 0 bridgehead atoms. The fraction of sp³-hybridized carbons (Fsp3) is 0.333. The molecule has 0 unspecified atom stereocenters. The van der Waals surface area contributed by atoms with Crippen LogP contribution in [0.2, 0.25) is 5.02 Å². The summed E-state index contributed by atoms with van der Waals surface area (Å²) in [4.78, 5) is 10.1. The summed E-state index contributed by atoms with van der Waals surface area (Å²) >= 11 is 5.71. The molecule has 0 heterocycles. The van der Waals surface area contributed by atoms with Crippen molar-refractivity contribution < 1.29 is 13.3 Å². The fourth-order valence-electron chi connectivity index (χ4n) is 1.25. The SMILES string of the molecule is CCS(=O)(=O)N(C)c1cc(Cl)ccc1[N+](=O)[O-]. The summed E-state index contributed by atoms with van der Waals surface area (Å²) in [5, 5.41) is 11.0. The van der Waals surface area contributed by atoms with Crippen LogP contribution in [0.3, 0.4) is 0 Å². The van der Waals surface area contributed by atoms with Gasteiger partial charge in [0.1, 0.15) is 5.69 Å². The molecule has 94 valence electrons.